The Balaban J connectivity index is 2.73. The summed E-state index contributed by atoms with van der Waals surface area (Å²) in [6.45, 7) is 9.05. The molecule has 0 radical (unpaired) electrons. The first-order chi connectivity index (χ1) is 8.22. The summed E-state index contributed by atoms with van der Waals surface area (Å²) in [5, 5.41) is 8.04. The maximum atomic E-state index is 5.12. The lowest BCUT2D eigenvalue weighted by molar-refractivity contribution is 0.188. The summed E-state index contributed by atoms with van der Waals surface area (Å²) < 4.78 is 7.21. The van der Waals surface area contributed by atoms with E-state index < -0.39 is 0 Å². The zero-order chi connectivity index (χ0) is 12.7. The number of aryl methyl sites for hydroxylation is 2. The topological polar surface area (TPSA) is 39.1 Å². The Morgan fingerprint density at radius 1 is 1.47 bits per heavy atom. The molecule has 1 atom stereocenters. The summed E-state index contributed by atoms with van der Waals surface area (Å²) in [5.74, 6) is 0. The molecule has 0 aromatic carbocycles. The summed E-state index contributed by atoms with van der Waals surface area (Å²) in [6.07, 6.45) is 2.16. The van der Waals surface area contributed by atoms with Crippen LogP contribution < -0.4 is 5.32 Å². The average molecular weight is 239 g/mol. The lowest BCUT2D eigenvalue weighted by Crippen LogP contribution is -2.24. The number of nitrogens with one attached hydrogen (secondary N) is 1. The zero-order valence-electron chi connectivity index (χ0n) is 11.5. The van der Waals surface area contributed by atoms with Gasteiger partial charge in [-0.3, -0.25) is 4.68 Å². The van der Waals surface area contributed by atoms with Gasteiger partial charge in [0.05, 0.1) is 11.4 Å². The smallest absolute Gasteiger partial charge is 0.0597 e. The normalized spacial score (nSPS) is 12.9. The van der Waals surface area contributed by atoms with Gasteiger partial charge in [-0.25, -0.2) is 0 Å². The second-order valence-electron chi connectivity index (χ2n) is 4.27. The number of aromatic nitrogens is 2. The van der Waals surface area contributed by atoms with Crippen molar-refractivity contribution >= 4 is 0 Å². The molecule has 0 aliphatic carbocycles. The first-order valence-corrected chi connectivity index (χ1v) is 6.49. The van der Waals surface area contributed by atoms with E-state index in [1.807, 2.05) is 6.92 Å². The lowest BCUT2D eigenvalue weighted by atomic mass is 10.1. The van der Waals surface area contributed by atoms with Crippen molar-refractivity contribution in [2.75, 3.05) is 20.3 Å². The molecule has 1 N–H and O–H groups in total. The van der Waals surface area contributed by atoms with Gasteiger partial charge in [-0.05, 0) is 39.3 Å². The Hall–Kier alpha value is -0.870. The quantitative estimate of drug-likeness (QED) is 0.707. The van der Waals surface area contributed by atoms with Crippen LogP contribution in [0.4, 0.5) is 0 Å². The van der Waals surface area contributed by atoms with Crippen LogP contribution in [0.3, 0.4) is 0 Å². The molecule has 0 fully saturated rings. The van der Waals surface area contributed by atoms with E-state index in [1.54, 1.807) is 7.11 Å². The molecule has 0 aliphatic heterocycles. The Labute approximate surface area is 104 Å². The van der Waals surface area contributed by atoms with E-state index in [1.165, 1.54) is 5.69 Å². The van der Waals surface area contributed by atoms with E-state index in [0.717, 1.165) is 38.2 Å². The van der Waals surface area contributed by atoms with Crippen LogP contribution in [-0.4, -0.2) is 30.0 Å². The molecule has 0 saturated heterocycles. The summed E-state index contributed by atoms with van der Waals surface area (Å²) in [6, 6.07) is 2.57. The molecule has 0 spiro atoms. The Morgan fingerprint density at radius 2 is 2.24 bits per heavy atom. The molecule has 1 rings (SSSR count). The first kappa shape index (κ1) is 14.2. The maximum Gasteiger partial charge on any atom is 0.0597 e. The van der Waals surface area contributed by atoms with Crippen molar-refractivity contribution in [3.63, 3.8) is 0 Å². The van der Waals surface area contributed by atoms with Gasteiger partial charge in [-0.15, -0.1) is 0 Å². The van der Waals surface area contributed by atoms with Crippen LogP contribution in [-0.2, 0) is 11.3 Å². The van der Waals surface area contributed by atoms with Crippen molar-refractivity contribution in [3.8, 4) is 0 Å². The number of rotatable bonds is 8. The van der Waals surface area contributed by atoms with E-state index in [2.05, 4.69) is 35.0 Å². The number of nitrogens with zero attached hydrogens (tertiary/aromatic N) is 2. The molecule has 1 heterocycles. The predicted octanol–water partition coefficient (Wildman–Crippen LogP) is 2.29. The molecule has 1 aromatic rings. The standard InChI is InChI=1S/C13H25N3O/c1-5-14-12(8-7-9-17-4)13-10-11(3)15-16(13)6-2/h10,12,14H,5-9H2,1-4H3. The van der Waals surface area contributed by atoms with Gasteiger partial charge in [0.15, 0.2) is 0 Å². The van der Waals surface area contributed by atoms with E-state index in [9.17, 15) is 0 Å². The van der Waals surface area contributed by atoms with Crippen molar-refractivity contribution in [1.29, 1.82) is 0 Å². The average Bonchev–Trinajstić information content (AvgIpc) is 2.69. The molecular weight excluding hydrogens is 214 g/mol. The van der Waals surface area contributed by atoms with Crippen LogP contribution >= 0.6 is 0 Å². The number of methoxy groups -OCH3 is 1. The molecule has 4 heteroatoms. The molecule has 0 aliphatic rings. The maximum absolute atomic E-state index is 5.12. The van der Waals surface area contributed by atoms with E-state index >= 15 is 0 Å². The van der Waals surface area contributed by atoms with Gasteiger partial charge in [0.2, 0.25) is 0 Å². The number of hydrogen-bond donors (Lipinski definition) is 1. The minimum absolute atomic E-state index is 0.385. The second-order valence-corrected chi connectivity index (χ2v) is 4.27. The summed E-state index contributed by atoms with van der Waals surface area (Å²) >= 11 is 0. The summed E-state index contributed by atoms with van der Waals surface area (Å²) in [4.78, 5) is 0. The van der Waals surface area contributed by atoms with Crippen LogP contribution in [0.2, 0.25) is 0 Å². The third kappa shape index (κ3) is 4.13. The van der Waals surface area contributed by atoms with E-state index in [4.69, 9.17) is 4.74 Å². The summed E-state index contributed by atoms with van der Waals surface area (Å²) in [5.41, 5.74) is 2.39. The third-order valence-corrected chi connectivity index (χ3v) is 2.88. The van der Waals surface area contributed by atoms with Crippen LogP contribution in [0.25, 0.3) is 0 Å². The molecule has 98 valence electrons. The highest BCUT2D eigenvalue weighted by Gasteiger charge is 2.15. The fraction of sp³-hybridized carbons (Fsp3) is 0.769. The number of ether oxygens (including phenoxy) is 1. The fourth-order valence-electron chi connectivity index (χ4n) is 2.13. The highest BCUT2D eigenvalue weighted by atomic mass is 16.5. The Kier molecular flexibility index (Phi) is 6.22. The molecule has 0 amide bonds. The van der Waals surface area contributed by atoms with Gasteiger partial charge < -0.3 is 10.1 Å². The van der Waals surface area contributed by atoms with E-state index in [-0.39, 0.29) is 0 Å². The molecule has 0 bridgehead atoms. The van der Waals surface area contributed by atoms with Crippen molar-refractivity contribution in [2.24, 2.45) is 0 Å². The molecule has 1 aromatic heterocycles. The van der Waals surface area contributed by atoms with Crippen LogP contribution in [0.15, 0.2) is 6.07 Å². The fourth-order valence-corrected chi connectivity index (χ4v) is 2.13. The highest BCUT2D eigenvalue weighted by molar-refractivity contribution is 5.13. The van der Waals surface area contributed by atoms with Gasteiger partial charge in [0.1, 0.15) is 0 Å². The number of hydrogen-bond acceptors (Lipinski definition) is 3. The van der Waals surface area contributed by atoms with Crippen molar-refractivity contribution in [2.45, 2.75) is 46.2 Å². The minimum Gasteiger partial charge on any atom is -0.385 e. The molecule has 1 unspecified atom stereocenters. The van der Waals surface area contributed by atoms with Gasteiger partial charge >= 0.3 is 0 Å². The van der Waals surface area contributed by atoms with Gasteiger partial charge in [0.25, 0.3) is 0 Å². The minimum atomic E-state index is 0.385. The van der Waals surface area contributed by atoms with Crippen LogP contribution in [0.1, 0.15) is 44.1 Å². The molecule has 0 saturated carbocycles. The van der Waals surface area contributed by atoms with Gasteiger partial charge in [0, 0.05) is 26.3 Å². The Morgan fingerprint density at radius 3 is 2.82 bits per heavy atom. The third-order valence-electron chi connectivity index (χ3n) is 2.88. The van der Waals surface area contributed by atoms with Gasteiger partial charge in [-0.2, -0.15) is 5.10 Å². The highest BCUT2D eigenvalue weighted by Crippen LogP contribution is 2.19. The SMILES string of the molecule is CCNC(CCCOC)c1cc(C)nn1CC. The van der Waals surface area contributed by atoms with Gasteiger partial charge in [-0.1, -0.05) is 6.92 Å². The first-order valence-electron chi connectivity index (χ1n) is 6.49. The van der Waals surface area contributed by atoms with Crippen molar-refractivity contribution in [1.82, 2.24) is 15.1 Å². The Bertz CT molecular complexity index is 322. The molecular formula is C13H25N3O. The monoisotopic (exact) mass is 239 g/mol. The van der Waals surface area contributed by atoms with Crippen molar-refractivity contribution < 1.29 is 4.74 Å². The zero-order valence-corrected chi connectivity index (χ0v) is 11.5. The lowest BCUT2D eigenvalue weighted by Gasteiger charge is -2.18. The summed E-state index contributed by atoms with van der Waals surface area (Å²) in [7, 11) is 1.75. The largest absolute Gasteiger partial charge is 0.385 e. The second kappa shape index (κ2) is 7.45. The molecule has 17 heavy (non-hydrogen) atoms. The van der Waals surface area contributed by atoms with Crippen LogP contribution in [0, 0.1) is 6.92 Å². The molecule has 4 nitrogen and oxygen atoms in total. The predicted molar refractivity (Wildman–Crippen MR) is 70.2 cm³/mol. The van der Waals surface area contributed by atoms with E-state index in [0.29, 0.717) is 6.04 Å². The van der Waals surface area contributed by atoms with Crippen LogP contribution in [0.5, 0.6) is 0 Å². The van der Waals surface area contributed by atoms with Crippen molar-refractivity contribution in [3.05, 3.63) is 17.5 Å².